The molecule has 0 aliphatic rings. The van der Waals surface area contributed by atoms with Gasteiger partial charge in [-0.3, -0.25) is 4.98 Å². The molecule has 2 rings (SSSR count). The quantitative estimate of drug-likeness (QED) is 0.922. The fourth-order valence-corrected chi connectivity index (χ4v) is 2.35. The summed E-state index contributed by atoms with van der Waals surface area (Å²) >= 11 is 12.1. The van der Waals surface area contributed by atoms with Gasteiger partial charge in [0.2, 0.25) is 0 Å². The van der Waals surface area contributed by atoms with Crippen LogP contribution in [0.2, 0.25) is 10.0 Å². The lowest BCUT2D eigenvalue weighted by molar-refractivity contribution is 0.530. The molecule has 0 amide bonds. The van der Waals surface area contributed by atoms with Crippen molar-refractivity contribution < 1.29 is 4.39 Å². The van der Waals surface area contributed by atoms with Crippen LogP contribution in [0.3, 0.4) is 0 Å². The Kier molecular flexibility index (Phi) is 4.75. The smallest absolute Gasteiger partial charge is 0.146 e. The fourth-order valence-electron chi connectivity index (χ4n) is 1.96. The summed E-state index contributed by atoms with van der Waals surface area (Å²) in [6.07, 6.45) is 3.33. The molecule has 0 aliphatic heterocycles. The van der Waals surface area contributed by atoms with Crippen molar-refractivity contribution >= 4 is 23.2 Å². The van der Waals surface area contributed by atoms with Gasteiger partial charge in [0.25, 0.3) is 0 Å². The second kappa shape index (κ2) is 6.33. The summed E-state index contributed by atoms with van der Waals surface area (Å²) < 4.78 is 13.7. The number of hydrogen-bond acceptors (Lipinski definition) is 2. The van der Waals surface area contributed by atoms with Crippen LogP contribution in [0.5, 0.6) is 0 Å². The summed E-state index contributed by atoms with van der Waals surface area (Å²) in [5.74, 6) is -0.333. The predicted molar refractivity (Wildman–Crippen MR) is 76.2 cm³/mol. The first-order valence-corrected chi connectivity index (χ1v) is 6.58. The van der Waals surface area contributed by atoms with E-state index in [1.54, 1.807) is 37.5 Å². The van der Waals surface area contributed by atoms with Crippen molar-refractivity contribution in [3.8, 4) is 0 Å². The van der Waals surface area contributed by atoms with Gasteiger partial charge >= 0.3 is 0 Å². The Labute approximate surface area is 121 Å². The van der Waals surface area contributed by atoms with Crippen LogP contribution in [0.1, 0.15) is 17.2 Å². The molecule has 1 atom stereocenters. The lowest BCUT2D eigenvalue weighted by atomic mass is 9.99. The molecule has 0 bridgehead atoms. The predicted octanol–water partition coefficient (Wildman–Crippen LogP) is 4.03. The van der Waals surface area contributed by atoms with Crippen molar-refractivity contribution in [3.63, 3.8) is 0 Å². The van der Waals surface area contributed by atoms with Crippen LogP contribution in [-0.4, -0.2) is 12.0 Å². The van der Waals surface area contributed by atoms with Gasteiger partial charge in [0.15, 0.2) is 0 Å². The van der Waals surface area contributed by atoms with Crippen LogP contribution in [0.15, 0.2) is 36.7 Å². The van der Waals surface area contributed by atoms with Crippen molar-refractivity contribution in [2.75, 3.05) is 7.05 Å². The highest BCUT2D eigenvalue weighted by Gasteiger charge is 2.16. The maximum atomic E-state index is 13.7. The monoisotopic (exact) mass is 298 g/mol. The minimum absolute atomic E-state index is 0.182. The maximum absolute atomic E-state index is 13.7. The Morgan fingerprint density at radius 1 is 1.32 bits per heavy atom. The van der Waals surface area contributed by atoms with Crippen molar-refractivity contribution in [1.82, 2.24) is 10.3 Å². The van der Waals surface area contributed by atoms with E-state index < -0.39 is 0 Å². The van der Waals surface area contributed by atoms with Crippen LogP contribution >= 0.6 is 23.2 Å². The van der Waals surface area contributed by atoms with Gasteiger partial charge in [-0.25, -0.2) is 4.39 Å². The van der Waals surface area contributed by atoms with E-state index in [9.17, 15) is 4.39 Å². The highest BCUT2D eigenvalue weighted by molar-refractivity contribution is 6.33. The third-order valence-electron chi connectivity index (χ3n) is 2.96. The SMILES string of the molecule is CNC(Cc1cc(Cl)ccc1Cl)c1ccncc1F. The average Bonchev–Trinajstić information content (AvgIpc) is 2.41. The minimum atomic E-state index is -0.333. The topological polar surface area (TPSA) is 24.9 Å². The minimum Gasteiger partial charge on any atom is -0.313 e. The van der Waals surface area contributed by atoms with Crippen molar-refractivity contribution in [2.45, 2.75) is 12.5 Å². The Morgan fingerprint density at radius 2 is 2.11 bits per heavy atom. The summed E-state index contributed by atoms with van der Waals surface area (Å²) in [6, 6.07) is 6.75. The first kappa shape index (κ1) is 14.3. The van der Waals surface area contributed by atoms with Gasteiger partial charge in [0.05, 0.1) is 6.20 Å². The molecule has 1 N–H and O–H groups in total. The van der Waals surface area contributed by atoms with E-state index in [1.165, 1.54) is 6.20 Å². The van der Waals surface area contributed by atoms with Gasteiger partial charge in [-0.05, 0) is 43.3 Å². The lowest BCUT2D eigenvalue weighted by Gasteiger charge is -2.18. The summed E-state index contributed by atoms with van der Waals surface area (Å²) in [5.41, 5.74) is 1.44. The largest absolute Gasteiger partial charge is 0.313 e. The molecule has 0 spiro atoms. The molecule has 2 nitrogen and oxygen atoms in total. The van der Waals surface area contributed by atoms with E-state index in [0.29, 0.717) is 22.0 Å². The summed E-state index contributed by atoms with van der Waals surface area (Å²) in [4.78, 5) is 3.75. The summed E-state index contributed by atoms with van der Waals surface area (Å²) in [6.45, 7) is 0. The maximum Gasteiger partial charge on any atom is 0.146 e. The van der Waals surface area contributed by atoms with E-state index in [-0.39, 0.29) is 11.9 Å². The van der Waals surface area contributed by atoms with Crippen molar-refractivity contribution in [2.24, 2.45) is 0 Å². The Bertz CT molecular complexity index is 575. The number of nitrogens with one attached hydrogen (secondary N) is 1. The average molecular weight is 299 g/mol. The van der Waals surface area contributed by atoms with Crippen LogP contribution < -0.4 is 5.32 Å². The van der Waals surface area contributed by atoms with Gasteiger partial charge in [0, 0.05) is 27.8 Å². The van der Waals surface area contributed by atoms with Crippen molar-refractivity contribution in [1.29, 1.82) is 0 Å². The normalized spacial score (nSPS) is 12.4. The molecule has 0 saturated heterocycles. The van der Waals surface area contributed by atoms with Crippen LogP contribution in [0.25, 0.3) is 0 Å². The standard InChI is InChI=1S/C14H13Cl2FN2/c1-18-14(11-4-5-19-8-13(11)17)7-9-6-10(15)2-3-12(9)16/h2-6,8,14,18H,7H2,1H3. The summed E-state index contributed by atoms with van der Waals surface area (Å²) in [7, 11) is 1.78. The Morgan fingerprint density at radius 3 is 2.79 bits per heavy atom. The zero-order valence-corrected chi connectivity index (χ0v) is 11.8. The van der Waals surface area contributed by atoms with Gasteiger partial charge in [-0.15, -0.1) is 0 Å². The van der Waals surface area contributed by atoms with Gasteiger partial charge in [0.1, 0.15) is 5.82 Å². The summed E-state index contributed by atoms with van der Waals surface area (Å²) in [5, 5.41) is 4.32. The third kappa shape index (κ3) is 3.44. The second-order valence-corrected chi connectivity index (χ2v) is 5.02. The van der Waals surface area contributed by atoms with Gasteiger partial charge < -0.3 is 5.32 Å². The zero-order valence-electron chi connectivity index (χ0n) is 10.3. The molecular weight excluding hydrogens is 286 g/mol. The number of nitrogens with zero attached hydrogens (tertiary/aromatic N) is 1. The lowest BCUT2D eigenvalue weighted by Crippen LogP contribution is -2.20. The molecule has 1 heterocycles. The van der Waals surface area contributed by atoms with Crippen LogP contribution in [-0.2, 0) is 6.42 Å². The highest BCUT2D eigenvalue weighted by atomic mass is 35.5. The molecule has 5 heteroatoms. The molecule has 0 saturated carbocycles. The van der Waals surface area contributed by atoms with E-state index in [4.69, 9.17) is 23.2 Å². The molecule has 19 heavy (non-hydrogen) atoms. The van der Waals surface area contributed by atoms with Crippen LogP contribution in [0.4, 0.5) is 4.39 Å². The molecule has 0 aliphatic carbocycles. The number of hydrogen-bond donors (Lipinski definition) is 1. The molecule has 100 valence electrons. The Hall–Kier alpha value is -1.16. The van der Waals surface area contributed by atoms with E-state index in [0.717, 1.165) is 5.56 Å². The Balaban J connectivity index is 2.29. The number of rotatable bonds is 4. The zero-order chi connectivity index (χ0) is 13.8. The molecule has 0 fully saturated rings. The van der Waals surface area contributed by atoms with Crippen molar-refractivity contribution in [3.05, 3.63) is 63.6 Å². The molecule has 2 aromatic rings. The molecule has 1 unspecified atom stereocenters. The molecular formula is C14H13Cl2FN2. The van der Waals surface area contributed by atoms with Crippen LogP contribution in [0, 0.1) is 5.82 Å². The molecule has 1 aromatic heterocycles. The number of aromatic nitrogens is 1. The first-order valence-electron chi connectivity index (χ1n) is 5.82. The number of pyridine rings is 1. The van der Waals surface area contributed by atoms with E-state index in [1.807, 2.05) is 0 Å². The first-order chi connectivity index (χ1) is 9.11. The second-order valence-electron chi connectivity index (χ2n) is 4.18. The molecule has 0 radical (unpaired) electrons. The van der Waals surface area contributed by atoms with Gasteiger partial charge in [-0.1, -0.05) is 23.2 Å². The van der Waals surface area contributed by atoms with Gasteiger partial charge in [-0.2, -0.15) is 0 Å². The number of halogens is 3. The van der Waals surface area contributed by atoms with E-state index in [2.05, 4.69) is 10.3 Å². The number of benzene rings is 1. The number of likely N-dealkylation sites (N-methyl/N-ethyl adjacent to an activating group) is 1. The van der Waals surface area contributed by atoms with E-state index >= 15 is 0 Å². The highest BCUT2D eigenvalue weighted by Crippen LogP contribution is 2.26. The molecule has 1 aromatic carbocycles. The third-order valence-corrected chi connectivity index (χ3v) is 3.56. The fraction of sp³-hybridized carbons (Fsp3) is 0.214.